The lowest BCUT2D eigenvalue weighted by Crippen LogP contribution is -2.23. The third kappa shape index (κ3) is 3.17. The van der Waals surface area contributed by atoms with Crippen LogP contribution < -0.4 is 5.32 Å². The van der Waals surface area contributed by atoms with Gasteiger partial charge in [-0.15, -0.1) is 0 Å². The first kappa shape index (κ1) is 10.2. The lowest BCUT2D eigenvalue weighted by Gasteiger charge is -2.15. The summed E-state index contributed by atoms with van der Waals surface area (Å²) in [5, 5.41) is 12.9. The molecule has 1 rings (SSSR count). The molecular weight excluding hydrogens is 162 g/mol. The summed E-state index contributed by atoms with van der Waals surface area (Å²) in [5.74, 6) is 0. The zero-order valence-electron chi connectivity index (χ0n) is 8.20. The van der Waals surface area contributed by atoms with Gasteiger partial charge in [0.2, 0.25) is 0 Å². The van der Waals surface area contributed by atoms with E-state index in [1.807, 2.05) is 37.4 Å². The lowest BCUT2D eigenvalue weighted by molar-refractivity contribution is 0.155. The van der Waals surface area contributed by atoms with E-state index in [1.54, 1.807) is 0 Å². The normalized spacial score (nSPS) is 15.3. The van der Waals surface area contributed by atoms with Crippen LogP contribution >= 0.6 is 0 Å². The second kappa shape index (κ2) is 5.00. The molecule has 0 radical (unpaired) electrons. The minimum Gasteiger partial charge on any atom is -0.388 e. The SMILES string of the molecule is CNC(C)CC(O)c1ccccc1. The van der Waals surface area contributed by atoms with Gasteiger partial charge in [-0.3, -0.25) is 0 Å². The molecule has 0 amide bonds. The van der Waals surface area contributed by atoms with Gasteiger partial charge in [-0.25, -0.2) is 0 Å². The Kier molecular flexibility index (Phi) is 3.93. The Morgan fingerprint density at radius 1 is 1.31 bits per heavy atom. The van der Waals surface area contributed by atoms with Crippen molar-refractivity contribution < 1.29 is 5.11 Å². The summed E-state index contributed by atoms with van der Waals surface area (Å²) in [6.45, 7) is 2.06. The van der Waals surface area contributed by atoms with Crippen molar-refractivity contribution in [1.82, 2.24) is 5.32 Å². The number of aliphatic hydroxyl groups is 1. The van der Waals surface area contributed by atoms with Gasteiger partial charge in [0.05, 0.1) is 6.10 Å². The molecule has 0 heterocycles. The Morgan fingerprint density at radius 2 is 1.92 bits per heavy atom. The van der Waals surface area contributed by atoms with Crippen molar-refractivity contribution in [2.45, 2.75) is 25.5 Å². The third-order valence-corrected chi connectivity index (χ3v) is 2.25. The summed E-state index contributed by atoms with van der Waals surface area (Å²) in [6, 6.07) is 10.1. The molecule has 0 aromatic heterocycles. The van der Waals surface area contributed by atoms with Crippen molar-refractivity contribution in [2.24, 2.45) is 0 Å². The van der Waals surface area contributed by atoms with E-state index in [2.05, 4.69) is 12.2 Å². The van der Waals surface area contributed by atoms with Crippen LogP contribution in [0.3, 0.4) is 0 Å². The molecule has 1 aromatic rings. The molecule has 72 valence electrons. The quantitative estimate of drug-likeness (QED) is 0.737. The summed E-state index contributed by atoms with van der Waals surface area (Å²) in [7, 11) is 1.91. The second-order valence-electron chi connectivity index (χ2n) is 3.35. The van der Waals surface area contributed by atoms with Crippen LogP contribution in [0, 0.1) is 0 Å². The maximum atomic E-state index is 9.78. The highest BCUT2D eigenvalue weighted by Crippen LogP contribution is 2.17. The zero-order chi connectivity index (χ0) is 9.68. The van der Waals surface area contributed by atoms with Crippen LogP contribution in [0.15, 0.2) is 30.3 Å². The topological polar surface area (TPSA) is 32.3 Å². The van der Waals surface area contributed by atoms with Crippen molar-refractivity contribution in [2.75, 3.05) is 7.05 Å². The minimum atomic E-state index is -0.358. The molecule has 0 aliphatic carbocycles. The molecule has 0 aliphatic heterocycles. The van der Waals surface area contributed by atoms with Gasteiger partial charge in [0, 0.05) is 6.04 Å². The molecule has 2 heteroatoms. The van der Waals surface area contributed by atoms with Gasteiger partial charge in [0.1, 0.15) is 0 Å². The van der Waals surface area contributed by atoms with Gasteiger partial charge < -0.3 is 10.4 Å². The zero-order valence-corrected chi connectivity index (χ0v) is 8.20. The molecule has 2 nitrogen and oxygen atoms in total. The van der Waals surface area contributed by atoms with Crippen LogP contribution in [0.5, 0.6) is 0 Å². The summed E-state index contributed by atoms with van der Waals surface area (Å²) in [5.41, 5.74) is 0.990. The first-order valence-electron chi connectivity index (χ1n) is 4.64. The molecule has 2 atom stereocenters. The van der Waals surface area contributed by atoms with Gasteiger partial charge in [0.25, 0.3) is 0 Å². The fourth-order valence-electron chi connectivity index (χ4n) is 1.26. The molecule has 0 fully saturated rings. The maximum Gasteiger partial charge on any atom is 0.0804 e. The monoisotopic (exact) mass is 179 g/mol. The van der Waals surface area contributed by atoms with Crippen molar-refractivity contribution in [3.05, 3.63) is 35.9 Å². The Balaban J connectivity index is 2.53. The average molecular weight is 179 g/mol. The van der Waals surface area contributed by atoms with Gasteiger partial charge in [-0.05, 0) is 26.0 Å². The molecule has 0 spiro atoms. The van der Waals surface area contributed by atoms with E-state index in [0.717, 1.165) is 12.0 Å². The first-order valence-corrected chi connectivity index (χ1v) is 4.64. The summed E-state index contributed by atoms with van der Waals surface area (Å²) < 4.78 is 0. The standard InChI is InChI=1S/C11H17NO/c1-9(12-2)8-11(13)10-6-4-3-5-7-10/h3-7,9,11-13H,8H2,1-2H3. The number of benzene rings is 1. The predicted molar refractivity (Wildman–Crippen MR) is 54.5 cm³/mol. The van der Waals surface area contributed by atoms with Crippen LogP contribution in [0.1, 0.15) is 25.0 Å². The summed E-state index contributed by atoms with van der Waals surface area (Å²) >= 11 is 0. The molecule has 2 unspecified atom stereocenters. The third-order valence-electron chi connectivity index (χ3n) is 2.25. The van der Waals surface area contributed by atoms with E-state index in [1.165, 1.54) is 0 Å². The highest BCUT2D eigenvalue weighted by molar-refractivity contribution is 5.17. The van der Waals surface area contributed by atoms with Gasteiger partial charge >= 0.3 is 0 Å². The van der Waals surface area contributed by atoms with E-state index in [0.29, 0.717) is 6.04 Å². The van der Waals surface area contributed by atoms with Crippen LogP contribution in [0.25, 0.3) is 0 Å². The van der Waals surface area contributed by atoms with Crippen molar-refractivity contribution in [3.63, 3.8) is 0 Å². The molecule has 0 bridgehead atoms. The first-order chi connectivity index (χ1) is 6.24. The Bertz CT molecular complexity index is 235. The molecule has 13 heavy (non-hydrogen) atoms. The highest BCUT2D eigenvalue weighted by atomic mass is 16.3. The number of rotatable bonds is 4. The maximum absolute atomic E-state index is 9.78. The molecule has 1 aromatic carbocycles. The number of hydrogen-bond donors (Lipinski definition) is 2. The minimum absolute atomic E-state index is 0.343. The number of aliphatic hydroxyl groups excluding tert-OH is 1. The van der Waals surface area contributed by atoms with Gasteiger partial charge in [0.15, 0.2) is 0 Å². The molecule has 2 N–H and O–H groups in total. The smallest absolute Gasteiger partial charge is 0.0804 e. The lowest BCUT2D eigenvalue weighted by atomic mass is 10.0. The van der Waals surface area contributed by atoms with E-state index in [4.69, 9.17) is 0 Å². The fraction of sp³-hybridized carbons (Fsp3) is 0.455. The second-order valence-corrected chi connectivity index (χ2v) is 3.35. The molecule has 0 aliphatic rings. The van der Waals surface area contributed by atoms with Crippen LogP contribution in [0.2, 0.25) is 0 Å². The van der Waals surface area contributed by atoms with Gasteiger partial charge in [-0.1, -0.05) is 30.3 Å². The summed E-state index contributed by atoms with van der Waals surface area (Å²) in [4.78, 5) is 0. The van der Waals surface area contributed by atoms with Crippen LogP contribution in [-0.4, -0.2) is 18.2 Å². The van der Waals surface area contributed by atoms with Crippen molar-refractivity contribution in [1.29, 1.82) is 0 Å². The van der Waals surface area contributed by atoms with Crippen molar-refractivity contribution >= 4 is 0 Å². The Morgan fingerprint density at radius 3 is 2.46 bits per heavy atom. The Hall–Kier alpha value is -0.860. The Labute approximate surface area is 79.6 Å². The van der Waals surface area contributed by atoms with Crippen LogP contribution in [-0.2, 0) is 0 Å². The fourth-order valence-corrected chi connectivity index (χ4v) is 1.26. The largest absolute Gasteiger partial charge is 0.388 e. The van der Waals surface area contributed by atoms with E-state index >= 15 is 0 Å². The molecular formula is C11H17NO. The summed E-state index contributed by atoms with van der Waals surface area (Å²) in [6.07, 6.45) is 0.393. The average Bonchev–Trinajstić information content (AvgIpc) is 2.19. The van der Waals surface area contributed by atoms with Gasteiger partial charge in [-0.2, -0.15) is 0 Å². The highest BCUT2D eigenvalue weighted by Gasteiger charge is 2.09. The van der Waals surface area contributed by atoms with E-state index in [9.17, 15) is 5.11 Å². The molecule has 0 saturated heterocycles. The predicted octanol–water partition coefficient (Wildman–Crippen LogP) is 1.72. The number of hydrogen-bond acceptors (Lipinski definition) is 2. The number of nitrogens with one attached hydrogen (secondary N) is 1. The van der Waals surface area contributed by atoms with E-state index < -0.39 is 0 Å². The van der Waals surface area contributed by atoms with Crippen LogP contribution in [0.4, 0.5) is 0 Å². The molecule has 0 saturated carbocycles. The van der Waals surface area contributed by atoms with Crippen molar-refractivity contribution in [3.8, 4) is 0 Å². The van der Waals surface area contributed by atoms with E-state index in [-0.39, 0.29) is 6.10 Å².